The molecule has 1 aromatic rings. The summed E-state index contributed by atoms with van der Waals surface area (Å²) >= 11 is 0. The Kier molecular flexibility index (Phi) is 4.44. The Morgan fingerprint density at radius 1 is 1.39 bits per heavy atom. The highest BCUT2D eigenvalue weighted by atomic mass is 16.6. The molecule has 0 saturated carbocycles. The van der Waals surface area contributed by atoms with Gasteiger partial charge in [-0.05, 0) is 32.9 Å². The highest BCUT2D eigenvalue weighted by Gasteiger charge is 2.40. The summed E-state index contributed by atoms with van der Waals surface area (Å²) in [6.07, 6.45) is -0.0747. The molecule has 1 saturated heterocycles. The lowest BCUT2D eigenvalue weighted by Gasteiger charge is -2.19. The molecule has 0 spiro atoms. The van der Waals surface area contributed by atoms with Gasteiger partial charge in [0.1, 0.15) is 6.04 Å². The summed E-state index contributed by atoms with van der Waals surface area (Å²) in [6, 6.07) is 2.79. The molecule has 1 aromatic carbocycles. The van der Waals surface area contributed by atoms with E-state index < -0.39 is 22.8 Å². The van der Waals surface area contributed by atoms with E-state index in [4.69, 9.17) is 0 Å². The number of nitrogens with zero attached hydrogens (tertiary/aromatic N) is 2. The third-order valence-electron chi connectivity index (χ3n) is 3.66. The summed E-state index contributed by atoms with van der Waals surface area (Å²) in [5.74, 6) is -1.30. The van der Waals surface area contributed by atoms with E-state index in [-0.39, 0.29) is 29.6 Å². The first-order valence-corrected chi connectivity index (χ1v) is 7.14. The van der Waals surface area contributed by atoms with Crippen molar-refractivity contribution in [3.63, 3.8) is 0 Å². The fourth-order valence-electron chi connectivity index (χ4n) is 2.55. The third kappa shape index (κ3) is 3.20. The molecule has 1 fully saturated rings. The molecule has 23 heavy (non-hydrogen) atoms. The van der Waals surface area contributed by atoms with E-state index in [2.05, 4.69) is 5.32 Å². The summed E-state index contributed by atoms with van der Waals surface area (Å²) < 4.78 is 0. The zero-order valence-electron chi connectivity index (χ0n) is 13.0. The van der Waals surface area contributed by atoms with Crippen LogP contribution in [0.1, 0.15) is 36.2 Å². The summed E-state index contributed by atoms with van der Waals surface area (Å²) in [6.45, 7) is 4.97. The zero-order chi connectivity index (χ0) is 17.3. The van der Waals surface area contributed by atoms with Crippen molar-refractivity contribution in [2.24, 2.45) is 0 Å². The smallest absolute Gasteiger partial charge is 0.272 e. The van der Waals surface area contributed by atoms with E-state index in [1.54, 1.807) is 13.8 Å². The van der Waals surface area contributed by atoms with Crippen molar-refractivity contribution >= 4 is 23.4 Å². The van der Waals surface area contributed by atoms with Gasteiger partial charge >= 0.3 is 0 Å². The number of likely N-dealkylation sites (tertiary alicyclic amines) is 1. The molecule has 1 atom stereocenters. The minimum absolute atomic E-state index is 0.0747. The normalized spacial score (nSPS) is 17.7. The van der Waals surface area contributed by atoms with Gasteiger partial charge in [0.15, 0.2) is 0 Å². The monoisotopic (exact) mass is 319 g/mol. The molecule has 1 aliphatic rings. The molecule has 0 aliphatic carbocycles. The molecule has 122 valence electrons. The second kappa shape index (κ2) is 6.15. The molecule has 3 amide bonds. The van der Waals surface area contributed by atoms with E-state index in [0.29, 0.717) is 5.56 Å². The van der Waals surface area contributed by atoms with Gasteiger partial charge in [0.2, 0.25) is 5.91 Å². The standard InChI is InChI=1S/C15H17N3O5/c1-8(2)17-13(19)7-11(15(17)21)16-14(20)10-4-5-12(18(22)23)9(3)6-10/h4-6,8,11H,7H2,1-3H3,(H,16,20)/t11-/m1/s1. The van der Waals surface area contributed by atoms with Crippen LogP contribution in [0.25, 0.3) is 0 Å². The van der Waals surface area contributed by atoms with Gasteiger partial charge in [0, 0.05) is 23.2 Å². The number of carbonyl (C=O) groups is 3. The van der Waals surface area contributed by atoms with E-state index in [1.165, 1.54) is 25.1 Å². The molecule has 0 aromatic heterocycles. The summed E-state index contributed by atoms with van der Waals surface area (Å²) in [4.78, 5) is 47.5. The Bertz CT molecular complexity index is 698. The van der Waals surface area contributed by atoms with Gasteiger partial charge in [-0.3, -0.25) is 29.4 Å². The van der Waals surface area contributed by atoms with E-state index >= 15 is 0 Å². The Balaban J connectivity index is 2.14. The van der Waals surface area contributed by atoms with Gasteiger partial charge in [-0.2, -0.15) is 0 Å². The molecule has 1 N–H and O–H groups in total. The second-order valence-electron chi connectivity index (χ2n) is 5.68. The van der Waals surface area contributed by atoms with Crippen LogP contribution in [0.3, 0.4) is 0 Å². The van der Waals surface area contributed by atoms with Crippen molar-refractivity contribution in [1.82, 2.24) is 10.2 Å². The van der Waals surface area contributed by atoms with Crippen molar-refractivity contribution in [3.8, 4) is 0 Å². The molecular formula is C15H17N3O5. The highest BCUT2D eigenvalue weighted by Crippen LogP contribution is 2.20. The van der Waals surface area contributed by atoms with Crippen molar-refractivity contribution in [2.45, 2.75) is 39.3 Å². The van der Waals surface area contributed by atoms with Gasteiger partial charge in [-0.1, -0.05) is 0 Å². The van der Waals surface area contributed by atoms with Crippen LogP contribution < -0.4 is 5.32 Å². The molecular weight excluding hydrogens is 302 g/mol. The highest BCUT2D eigenvalue weighted by molar-refractivity contribution is 6.08. The number of nitrogens with one attached hydrogen (secondary N) is 1. The lowest BCUT2D eigenvalue weighted by molar-refractivity contribution is -0.385. The number of carbonyl (C=O) groups excluding carboxylic acids is 3. The van der Waals surface area contributed by atoms with Crippen LogP contribution in [0.2, 0.25) is 0 Å². The molecule has 1 heterocycles. The zero-order valence-corrected chi connectivity index (χ0v) is 13.0. The summed E-state index contributed by atoms with van der Waals surface area (Å²) in [5.41, 5.74) is 0.469. The average molecular weight is 319 g/mol. The van der Waals surface area contributed by atoms with Crippen LogP contribution in [-0.4, -0.2) is 39.6 Å². The number of nitro groups is 1. The molecule has 0 unspecified atom stereocenters. The van der Waals surface area contributed by atoms with Crippen LogP contribution >= 0.6 is 0 Å². The predicted octanol–water partition coefficient (Wildman–Crippen LogP) is 1.17. The Morgan fingerprint density at radius 3 is 2.52 bits per heavy atom. The van der Waals surface area contributed by atoms with Crippen LogP contribution in [0.5, 0.6) is 0 Å². The molecule has 0 radical (unpaired) electrons. The maximum atomic E-state index is 12.2. The lowest BCUT2D eigenvalue weighted by Crippen LogP contribution is -2.43. The Hall–Kier alpha value is -2.77. The number of rotatable bonds is 4. The van der Waals surface area contributed by atoms with Crippen LogP contribution in [0.4, 0.5) is 5.69 Å². The van der Waals surface area contributed by atoms with Gasteiger partial charge in [-0.15, -0.1) is 0 Å². The SMILES string of the molecule is Cc1cc(C(=O)N[C@@H]2CC(=O)N(C(C)C)C2=O)ccc1[N+](=O)[O-]. The first-order chi connectivity index (χ1) is 10.7. The number of nitro benzene ring substituents is 1. The van der Waals surface area contributed by atoms with E-state index in [0.717, 1.165) is 4.90 Å². The van der Waals surface area contributed by atoms with Gasteiger partial charge in [0.05, 0.1) is 11.3 Å². The maximum absolute atomic E-state index is 12.2. The predicted molar refractivity (Wildman–Crippen MR) is 80.7 cm³/mol. The van der Waals surface area contributed by atoms with Crippen molar-refractivity contribution < 1.29 is 19.3 Å². The number of hydrogen-bond acceptors (Lipinski definition) is 5. The summed E-state index contributed by atoms with van der Waals surface area (Å²) in [5, 5.41) is 13.3. The van der Waals surface area contributed by atoms with Gasteiger partial charge in [-0.25, -0.2) is 0 Å². The number of aryl methyl sites for hydroxylation is 1. The van der Waals surface area contributed by atoms with Crippen molar-refractivity contribution in [2.75, 3.05) is 0 Å². The number of benzene rings is 1. The second-order valence-corrected chi connectivity index (χ2v) is 5.68. The quantitative estimate of drug-likeness (QED) is 0.509. The fourth-order valence-corrected chi connectivity index (χ4v) is 2.55. The number of amides is 3. The fraction of sp³-hybridized carbons (Fsp3) is 0.400. The first kappa shape index (κ1) is 16.6. The lowest BCUT2D eigenvalue weighted by atomic mass is 10.1. The molecule has 1 aliphatic heterocycles. The average Bonchev–Trinajstić information content (AvgIpc) is 2.72. The van der Waals surface area contributed by atoms with Crippen LogP contribution in [0, 0.1) is 17.0 Å². The molecule has 8 nitrogen and oxygen atoms in total. The van der Waals surface area contributed by atoms with Crippen LogP contribution in [-0.2, 0) is 9.59 Å². The van der Waals surface area contributed by atoms with Gasteiger partial charge in [0.25, 0.3) is 17.5 Å². The molecule has 8 heteroatoms. The first-order valence-electron chi connectivity index (χ1n) is 7.14. The molecule has 2 rings (SSSR count). The van der Waals surface area contributed by atoms with Crippen LogP contribution in [0.15, 0.2) is 18.2 Å². The van der Waals surface area contributed by atoms with Crippen molar-refractivity contribution in [3.05, 3.63) is 39.4 Å². The van der Waals surface area contributed by atoms with Crippen molar-refractivity contribution in [1.29, 1.82) is 0 Å². The minimum atomic E-state index is -0.895. The van der Waals surface area contributed by atoms with E-state index in [9.17, 15) is 24.5 Å². The Morgan fingerprint density at radius 2 is 2.04 bits per heavy atom. The largest absolute Gasteiger partial charge is 0.340 e. The molecule has 0 bridgehead atoms. The topological polar surface area (TPSA) is 110 Å². The van der Waals surface area contributed by atoms with Gasteiger partial charge < -0.3 is 5.32 Å². The summed E-state index contributed by atoms with van der Waals surface area (Å²) in [7, 11) is 0. The number of imide groups is 1. The third-order valence-corrected chi connectivity index (χ3v) is 3.66. The maximum Gasteiger partial charge on any atom is 0.272 e. The van der Waals surface area contributed by atoms with E-state index in [1.807, 2.05) is 0 Å². The number of hydrogen-bond donors (Lipinski definition) is 1. The Labute approximate surface area is 132 Å². The minimum Gasteiger partial charge on any atom is -0.340 e.